The maximum atomic E-state index is 11.9. The van der Waals surface area contributed by atoms with Gasteiger partial charge in [0.25, 0.3) is 0 Å². The minimum Gasteiger partial charge on any atom is -0.444 e. The van der Waals surface area contributed by atoms with Crippen molar-refractivity contribution in [2.45, 2.75) is 51.4 Å². The summed E-state index contributed by atoms with van der Waals surface area (Å²) in [5.41, 5.74) is -0.452. The number of aliphatic hydroxyl groups excluding tert-OH is 1. The molecule has 0 radical (unpaired) electrons. The Bertz CT molecular complexity index is 304. The van der Waals surface area contributed by atoms with Crippen molar-refractivity contribution in [3.63, 3.8) is 0 Å². The fourth-order valence-electron chi connectivity index (χ4n) is 2.15. The molecule has 2 atom stereocenters. The molecule has 0 aromatic rings. The first-order valence-corrected chi connectivity index (χ1v) is 7.20. The van der Waals surface area contributed by atoms with Gasteiger partial charge in [0.2, 0.25) is 0 Å². The molecule has 1 fully saturated rings. The molecule has 2 unspecified atom stereocenters. The number of carbonyl (C=O) groups is 1. The molecule has 1 saturated heterocycles. The van der Waals surface area contributed by atoms with E-state index in [1.165, 1.54) is 0 Å². The third-order valence-electron chi connectivity index (χ3n) is 3.11. The van der Waals surface area contributed by atoms with E-state index in [-0.39, 0.29) is 12.1 Å². The number of amides is 1. The monoisotopic (exact) mass is 288 g/mol. The number of rotatable bonds is 6. The summed E-state index contributed by atoms with van der Waals surface area (Å²) >= 11 is 0. The summed E-state index contributed by atoms with van der Waals surface area (Å²) in [4.78, 5) is 13.6. The minimum absolute atomic E-state index is 0.249. The largest absolute Gasteiger partial charge is 0.444 e. The molecule has 0 aliphatic carbocycles. The van der Waals surface area contributed by atoms with Gasteiger partial charge >= 0.3 is 6.09 Å². The summed E-state index contributed by atoms with van der Waals surface area (Å²) in [6, 6.07) is 0.275. The first-order valence-electron chi connectivity index (χ1n) is 7.20. The minimum atomic E-state index is -0.452. The van der Waals surface area contributed by atoms with Crippen LogP contribution in [-0.2, 0) is 9.47 Å². The zero-order valence-electron chi connectivity index (χ0n) is 13.0. The second kappa shape index (κ2) is 7.81. The second-order valence-electron chi connectivity index (χ2n) is 6.26. The van der Waals surface area contributed by atoms with Crippen LogP contribution in [0.3, 0.4) is 0 Å². The standard InChI is InChI=1S/C14H28N2O4/c1-14(2,3)20-13(18)16-8-6-11(9-16)15-7-5-12(17)10-19-4/h11-12,15,17H,5-10H2,1-4H3. The van der Waals surface area contributed by atoms with Gasteiger partial charge in [0, 0.05) is 26.2 Å². The van der Waals surface area contributed by atoms with Gasteiger partial charge in [0.05, 0.1) is 12.7 Å². The van der Waals surface area contributed by atoms with Crippen molar-refractivity contribution in [1.82, 2.24) is 10.2 Å². The Morgan fingerprint density at radius 3 is 2.80 bits per heavy atom. The number of likely N-dealkylation sites (tertiary alicyclic amines) is 1. The molecule has 0 saturated carbocycles. The van der Waals surface area contributed by atoms with E-state index in [0.29, 0.717) is 26.1 Å². The molecule has 1 heterocycles. The second-order valence-corrected chi connectivity index (χ2v) is 6.26. The molecule has 1 aliphatic heterocycles. The Labute approximate surface area is 121 Å². The van der Waals surface area contributed by atoms with E-state index < -0.39 is 11.7 Å². The topological polar surface area (TPSA) is 71.0 Å². The van der Waals surface area contributed by atoms with E-state index in [1.54, 1.807) is 12.0 Å². The van der Waals surface area contributed by atoms with Crippen LogP contribution in [-0.4, -0.2) is 67.2 Å². The van der Waals surface area contributed by atoms with Crippen molar-refractivity contribution >= 4 is 6.09 Å². The van der Waals surface area contributed by atoms with Gasteiger partial charge in [-0.2, -0.15) is 0 Å². The molecular weight excluding hydrogens is 260 g/mol. The molecule has 6 nitrogen and oxygen atoms in total. The average molecular weight is 288 g/mol. The number of ether oxygens (including phenoxy) is 2. The Kier molecular flexibility index (Phi) is 6.71. The predicted octanol–water partition coefficient (Wildman–Crippen LogP) is 0.983. The van der Waals surface area contributed by atoms with Crippen LogP contribution in [0.15, 0.2) is 0 Å². The summed E-state index contributed by atoms with van der Waals surface area (Å²) < 4.78 is 10.2. The van der Waals surface area contributed by atoms with Crippen LogP contribution in [0.4, 0.5) is 4.79 Å². The summed E-state index contributed by atoms with van der Waals surface area (Å²) in [7, 11) is 1.58. The van der Waals surface area contributed by atoms with Gasteiger partial charge in [-0.1, -0.05) is 0 Å². The smallest absolute Gasteiger partial charge is 0.410 e. The maximum Gasteiger partial charge on any atom is 0.410 e. The van der Waals surface area contributed by atoms with E-state index in [0.717, 1.165) is 13.0 Å². The van der Waals surface area contributed by atoms with Gasteiger partial charge in [-0.15, -0.1) is 0 Å². The highest BCUT2D eigenvalue weighted by Crippen LogP contribution is 2.15. The Balaban J connectivity index is 2.21. The quantitative estimate of drug-likeness (QED) is 0.762. The van der Waals surface area contributed by atoms with Crippen LogP contribution in [0.1, 0.15) is 33.6 Å². The number of methoxy groups -OCH3 is 1. The van der Waals surface area contributed by atoms with Gasteiger partial charge in [-0.3, -0.25) is 0 Å². The van der Waals surface area contributed by atoms with Gasteiger partial charge in [0.1, 0.15) is 5.60 Å². The Hall–Kier alpha value is -0.850. The lowest BCUT2D eigenvalue weighted by Gasteiger charge is -2.24. The number of nitrogens with one attached hydrogen (secondary N) is 1. The van der Waals surface area contributed by atoms with E-state index in [2.05, 4.69) is 5.32 Å². The third kappa shape index (κ3) is 6.54. The molecule has 6 heteroatoms. The highest BCUT2D eigenvalue weighted by molar-refractivity contribution is 5.68. The zero-order chi connectivity index (χ0) is 15.2. The fourth-order valence-corrected chi connectivity index (χ4v) is 2.15. The molecule has 0 bridgehead atoms. The van der Waals surface area contributed by atoms with Gasteiger partial charge in [-0.25, -0.2) is 4.79 Å². The number of aliphatic hydroxyl groups is 1. The van der Waals surface area contributed by atoms with Crippen molar-refractivity contribution < 1.29 is 19.4 Å². The lowest BCUT2D eigenvalue weighted by atomic mass is 10.2. The normalized spacial score (nSPS) is 21.1. The van der Waals surface area contributed by atoms with Crippen molar-refractivity contribution in [2.24, 2.45) is 0 Å². The first kappa shape index (κ1) is 17.2. The van der Waals surface area contributed by atoms with Crippen molar-refractivity contribution in [3.05, 3.63) is 0 Å². The average Bonchev–Trinajstić information content (AvgIpc) is 2.76. The highest BCUT2D eigenvalue weighted by atomic mass is 16.6. The van der Waals surface area contributed by atoms with Crippen LogP contribution in [0.2, 0.25) is 0 Å². The van der Waals surface area contributed by atoms with Gasteiger partial charge < -0.3 is 24.8 Å². The predicted molar refractivity (Wildman–Crippen MR) is 76.7 cm³/mol. The SMILES string of the molecule is COCC(O)CCNC1CCN(C(=O)OC(C)(C)C)C1. The van der Waals surface area contributed by atoms with Crippen molar-refractivity contribution in [1.29, 1.82) is 0 Å². The summed E-state index contributed by atoms with van der Waals surface area (Å²) in [6.45, 7) is 8.06. The third-order valence-corrected chi connectivity index (χ3v) is 3.11. The number of nitrogens with zero attached hydrogens (tertiary/aromatic N) is 1. The lowest BCUT2D eigenvalue weighted by Crippen LogP contribution is -2.39. The Morgan fingerprint density at radius 1 is 1.50 bits per heavy atom. The molecule has 118 valence electrons. The maximum absolute atomic E-state index is 11.9. The van der Waals surface area contributed by atoms with Gasteiger partial charge in [-0.05, 0) is 40.2 Å². The molecule has 20 heavy (non-hydrogen) atoms. The van der Waals surface area contributed by atoms with Crippen LogP contribution in [0.5, 0.6) is 0 Å². The summed E-state index contributed by atoms with van der Waals surface area (Å²) in [5.74, 6) is 0. The number of hydrogen-bond donors (Lipinski definition) is 2. The van der Waals surface area contributed by atoms with Crippen molar-refractivity contribution in [2.75, 3.05) is 33.4 Å². The molecule has 0 spiro atoms. The van der Waals surface area contributed by atoms with E-state index >= 15 is 0 Å². The van der Waals surface area contributed by atoms with Gasteiger partial charge in [0.15, 0.2) is 0 Å². The molecule has 0 aromatic heterocycles. The summed E-state index contributed by atoms with van der Waals surface area (Å²) in [6.07, 6.45) is 0.883. The zero-order valence-corrected chi connectivity index (χ0v) is 13.0. The molecule has 1 rings (SSSR count). The van der Waals surface area contributed by atoms with E-state index in [9.17, 15) is 9.90 Å². The van der Waals surface area contributed by atoms with Crippen molar-refractivity contribution in [3.8, 4) is 0 Å². The van der Waals surface area contributed by atoms with E-state index in [1.807, 2.05) is 20.8 Å². The molecule has 2 N–H and O–H groups in total. The van der Waals surface area contributed by atoms with E-state index in [4.69, 9.17) is 9.47 Å². The molecule has 1 aliphatic rings. The molecule has 1 amide bonds. The highest BCUT2D eigenvalue weighted by Gasteiger charge is 2.29. The van der Waals surface area contributed by atoms with Crippen LogP contribution < -0.4 is 5.32 Å². The lowest BCUT2D eigenvalue weighted by molar-refractivity contribution is 0.0290. The first-order chi connectivity index (χ1) is 9.31. The number of hydrogen-bond acceptors (Lipinski definition) is 5. The fraction of sp³-hybridized carbons (Fsp3) is 0.929. The van der Waals surface area contributed by atoms with Crippen LogP contribution >= 0.6 is 0 Å². The summed E-state index contributed by atoms with van der Waals surface area (Å²) in [5, 5.41) is 12.9. The molecule has 0 aromatic carbocycles. The van der Waals surface area contributed by atoms with Crippen LogP contribution in [0.25, 0.3) is 0 Å². The Morgan fingerprint density at radius 2 is 2.20 bits per heavy atom. The molecular formula is C14H28N2O4. The number of carbonyl (C=O) groups excluding carboxylic acids is 1. The van der Waals surface area contributed by atoms with Crippen LogP contribution in [0, 0.1) is 0 Å².